The molecule has 12 heteroatoms. The van der Waals surface area contributed by atoms with Crippen LogP contribution in [-0.2, 0) is 25.6 Å². The van der Waals surface area contributed by atoms with Gasteiger partial charge < -0.3 is 31.7 Å². The van der Waals surface area contributed by atoms with Crippen molar-refractivity contribution in [1.82, 2.24) is 25.8 Å². The van der Waals surface area contributed by atoms with Gasteiger partial charge in [-0.2, -0.15) is 0 Å². The number of carbonyl (C=O) groups is 4. The van der Waals surface area contributed by atoms with E-state index in [1.54, 1.807) is 13.1 Å². The molecule has 0 aliphatic carbocycles. The minimum Gasteiger partial charge on any atom is -0.383 e. The van der Waals surface area contributed by atoms with E-state index in [1.807, 2.05) is 54.6 Å². The number of pyridine rings is 1. The van der Waals surface area contributed by atoms with Crippen LogP contribution in [0.2, 0.25) is 0 Å². The summed E-state index contributed by atoms with van der Waals surface area (Å²) in [6.07, 6.45) is 1.39. The Morgan fingerprint density at radius 1 is 1.09 bits per heavy atom. The highest BCUT2D eigenvalue weighted by Crippen LogP contribution is 2.27. The van der Waals surface area contributed by atoms with Crippen LogP contribution in [0.5, 0.6) is 0 Å². The number of aromatic nitrogens is 1. The fraction of sp³-hybridized carbons (Fsp3) is 0.406. The van der Waals surface area contributed by atoms with Crippen molar-refractivity contribution in [1.29, 1.82) is 0 Å². The Kier molecular flexibility index (Phi) is 9.95. The molecule has 0 saturated carbocycles. The number of benzene rings is 2. The third-order valence-corrected chi connectivity index (χ3v) is 8.17. The summed E-state index contributed by atoms with van der Waals surface area (Å²) in [5, 5.41) is 20.1. The maximum atomic E-state index is 14.3. The van der Waals surface area contributed by atoms with Crippen molar-refractivity contribution in [2.75, 3.05) is 31.6 Å². The Balaban J connectivity index is 1.37. The minimum atomic E-state index is -1.26. The van der Waals surface area contributed by atoms with Gasteiger partial charge in [0.2, 0.25) is 11.8 Å². The van der Waals surface area contributed by atoms with Crippen molar-refractivity contribution < 1.29 is 24.3 Å². The number of nitrogens with zero attached hydrogens (tertiary/aromatic N) is 3. The van der Waals surface area contributed by atoms with Crippen LogP contribution in [0, 0.1) is 0 Å². The fourth-order valence-corrected chi connectivity index (χ4v) is 5.88. The molecule has 0 bridgehead atoms. The standard InChI is InChI=1S/C32H39N7O5/c1-34-18-29(41)38-19-23(37-30(42)28(40)12-11-20-7-3-2-4-8-20)15-27(38)32(44)39(31(43)26-14-22(33)16-35-26)24-13-21-9-5-6-10-25(21)36-17-24/h2-10,13,17,22-23,26-28,34-35,40H,11-12,14-16,18-19,33H2,1H3,(H,37,42)/t22?,23-,26-,27+,28+/m0/s1. The number of fused-ring (bicyclic) bond motifs is 1. The summed E-state index contributed by atoms with van der Waals surface area (Å²) in [4.78, 5) is 61.3. The topological polar surface area (TPSA) is 170 Å². The first kappa shape index (κ1) is 31.2. The number of hydrogen-bond donors (Lipinski definition) is 5. The van der Waals surface area contributed by atoms with Gasteiger partial charge in [0.1, 0.15) is 12.1 Å². The molecule has 5 atom stereocenters. The Morgan fingerprint density at radius 3 is 2.57 bits per heavy atom. The maximum absolute atomic E-state index is 14.3. The largest absolute Gasteiger partial charge is 0.383 e. The number of imide groups is 1. The number of aryl methyl sites for hydroxylation is 1. The number of hydrogen-bond acceptors (Lipinski definition) is 9. The van der Waals surface area contributed by atoms with Crippen LogP contribution in [0.15, 0.2) is 66.9 Å². The van der Waals surface area contributed by atoms with E-state index in [0.717, 1.165) is 15.8 Å². The third kappa shape index (κ3) is 7.11. The molecule has 2 aliphatic heterocycles. The summed E-state index contributed by atoms with van der Waals surface area (Å²) in [7, 11) is 1.62. The van der Waals surface area contributed by atoms with Gasteiger partial charge in [-0.1, -0.05) is 48.5 Å². The van der Waals surface area contributed by atoms with Crippen LogP contribution in [-0.4, -0.2) is 95.6 Å². The molecule has 4 amide bonds. The summed E-state index contributed by atoms with van der Waals surface area (Å²) < 4.78 is 0. The normalized spacial score (nSPS) is 22.1. The van der Waals surface area contributed by atoms with Crippen molar-refractivity contribution in [3.8, 4) is 0 Å². The Morgan fingerprint density at radius 2 is 1.84 bits per heavy atom. The summed E-state index contributed by atoms with van der Waals surface area (Å²) in [6.45, 7) is 0.457. The van der Waals surface area contributed by atoms with Gasteiger partial charge in [0.25, 0.3) is 11.8 Å². The molecular formula is C32H39N7O5. The van der Waals surface area contributed by atoms with Gasteiger partial charge in [-0.15, -0.1) is 0 Å². The molecule has 1 aromatic heterocycles. The molecule has 5 rings (SSSR count). The highest BCUT2D eigenvalue weighted by atomic mass is 16.3. The number of rotatable bonds is 10. The van der Waals surface area contributed by atoms with Gasteiger partial charge in [0, 0.05) is 30.6 Å². The zero-order valence-electron chi connectivity index (χ0n) is 24.7. The number of likely N-dealkylation sites (N-methyl/N-ethyl adjacent to an activating group) is 1. The summed E-state index contributed by atoms with van der Waals surface area (Å²) in [6, 6.07) is 16.1. The average Bonchev–Trinajstić information content (AvgIpc) is 3.67. The van der Waals surface area contributed by atoms with Crippen LogP contribution >= 0.6 is 0 Å². The molecule has 2 aliphatic rings. The van der Waals surface area contributed by atoms with Crippen LogP contribution in [0.3, 0.4) is 0 Å². The average molecular weight is 602 g/mol. The highest BCUT2D eigenvalue weighted by molar-refractivity contribution is 6.19. The molecule has 6 N–H and O–H groups in total. The molecule has 44 heavy (non-hydrogen) atoms. The van der Waals surface area contributed by atoms with Crippen molar-refractivity contribution in [2.45, 2.75) is 56.0 Å². The van der Waals surface area contributed by atoms with Gasteiger partial charge in [0.15, 0.2) is 0 Å². The van der Waals surface area contributed by atoms with E-state index in [9.17, 15) is 24.3 Å². The van der Waals surface area contributed by atoms with Gasteiger partial charge >= 0.3 is 0 Å². The second kappa shape index (κ2) is 14.0. The monoisotopic (exact) mass is 601 g/mol. The molecule has 232 valence electrons. The number of amides is 4. The lowest BCUT2D eigenvalue weighted by molar-refractivity contribution is -0.138. The fourth-order valence-electron chi connectivity index (χ4n) is 5.88. The van der Waals surface area contributed by atoms with Crippen LogP contribution in [0.1, 0.15) is 24.8 Å². The lowest BCUT2D eigenvalue weighted by Gasteiger charge is -2.30. The second-order valence-electron chi connectivity index (χ2n) is 11.4. The quantitative estimate of drug-likeness (QED) is 0.202. The Hall–Kier alpha value is -4.23. The summed E-state index contributed by atoms with van der Waals surface area (Å²) in [5.74, 6) is -2.00. The highest BCUT2D eigenvalue weighted by Gasteiger charge is 2.45. The Labute approximate surface area is 256 Å². The number of aliphatic hydroxyl groups is 1. The number of aliphatic hydroxyl groups excluding tert-OH is 1. The number of nitrogens with one attached hydrogen (secondary N) is 3. The smallest absolute Gasteiger partial charge is 0.256 e. The van der Waals surface area contributed by atoms with E-state index in [4.69, 9.17) is 5.73 Å². The van der Waals surface area contributed by atoms with Crippen molar-refractivity contribution in [3.63, 3.8) is 0 Å². The predicted molar refractivity (Wildman–Crippen MR) is 165 cm³/mol. The van der Waals surface area contributed by atoms with E-state index in [1.165, 1.54) is 11.1 Å². The van der Waals surface area contributed by atoms with Crippen molar-refractivity contribution >= 4 is 40.2 Å². The molecule has 12 nitrogen and oxygen atoms in total. The van der Waals surface area contributed by atoms with E-state index < -0.39 is 42.0 Å². The molecule has 0 radical (unpaired) electrons. The number of para-hydroxylation sites is 1. The van der Waals surface area contributed by atoms with E-state index in [0.29, 0.717) is 24.9 Å². The third-order valence-electron chi connectivity index (χ3n) is 8.17. The van der Waals surface area contributed by atoms with Crippen LogP contribution in [0.4, 0.5) is 5.69 Å². The number of nitrogens with two attached hydrogens (primary N) is 1. The molecule has 1 unspecified atom stereocenters. The predicted octanol–water partition coefficient (Wildman–Crippen LogP) is 0.0824. The molecule has 3 aromatic rings. The van der Waals surface area contributed by atoms with Crippen LogP contribution < -0.4 is 26.6 Å². The van der Waals surface area contributed by atoms with Gasteiger partial charge in [-0.05, 0) is 50.4 Å². The van der Waals surface area contributed by atoms with Gasteiger partial charge in [0.05, 0.1) is 30.0 Å². The molecule has 2 aromatic carbocycles. The molecule has 2 fully saturated rings. The number of carbonyl (C=O) groups excluding carboxylic acids is 4. The zero-order valence-corrected chi connectivity index (χ0v) is 24.7. The maximum Gasteiger partial charge on any atom is 0.256 e. The zero-order chi connectivity index (χ0) is 31.2. The number of anilines is 1. The van der Waals surface area contributed by atoms with Crippen LogP contribution in [0.25, 0.3) is 10.9 Å². The lowest BCUT2D eigenvalue weighted by Crippen LogP contribution is -2.54. The lowest BCUT2D eigenvalue weighted by atomic mass is 10.1. The van der Waals surface area contributed by atoms with Crippen molar-refractivity contribution in [3.05, 3.63) is 72.4 Å². The molecule has 2 saturated heterocycles. The van der Waals surface area contributed by atoms with Crippen molar-refractivity contribution in [2.24, 2.45) is 5.73 Å². The first-order valence-electron chi connectivity index (χ1n) is 14.9. The van der Waals surface area contributed by atoms with Gasteiger partial charge in [-0.3, -0.25) is 24.2 Å². The van der Waals surface area contributed by atoms with E-state index in [2.05, 4.69) is 20.9 Å². The molecule has 0 spiro atoms. The summed E-state index contributed by atoms with van der Waals surface area (Å²) >= 11 is 0. The summed E-state index contributed by atoms with van der Waals surface area (Å²) in [5.41, 5.74) is 8.05. The Bertz CT molecular complexity index is 1500. The number of likely N-dealkylation sites (tertiary alicyclic amines) is 1. The molecular weight excluding hydrogens is 562 g/mol. The first-order valence-corrected chi connectivity index (χ1v) is 14.9. The van der Waals surface area contributed by atoms with E-state index in [-0.39, 0.29) is 43.6 Å². The van der Waals surface area contributed by atoms with E-state index >= 15 is 0 Å². The SMILES string of the molecule is CNCC(=O)N1C[C@@H](NC(=O)[C@H](O)CCc2ccccc2)C[C@@H]1C(=O)N(C(=O)[C@@H]1CC(N)CN1)c1cnc2ccccc2c1. The van der Waals surface area contributed by atoms with Gasteiger partial charge in [-0.25, -0.2) is 4.90 Å². The minimum absolute atomic E-state index is 0.0331. The second-order valence-corrected chi connectivity index (χ2v) is 11.4. The molecule has 3 heterocycles. The first-order chi connectivity index (χ1) is 21.2.